The topological polar surface area (TPSA) is 72.9 Å². The molecular formula is C11H11FINO5S. The van der Waals surface area contributed by atoms with Crippen LogP contribution in [0.1, 0.15) is 0 Å². The van der Waals surface area contributed by atoms with Crippen LogP contribution in [0.3, 0.4) is 0 Å². The van der Waals surface area contributed by atoms with Crippen molar-refractivity contribution in [2.75, 3.05) is 24.3 Å². The number of halogens is 2. The fourth-order valence-corrected chi connectivity index (χ4v) is 2.41. The maximum Gasteiger partial charge on any atom is 0.414 e. The highest BCUT2D eigenvalue weighted by Crippen LogP contribution is 2.24. The number of carbonyl (C=O) groups excluding carboxylic acids is 1. The first kappa shape index (κ1) is 15.4. The molecule has 0 saturated carbocycles. The van der Waals surface area contributed by atoms with Gasteiger partial charge in [0.1, 0.15) is 18.5 Å². The van der Waals surface area contributed by atoms with Gasteiger partial charge in [-0.3, -0.25) is 9.08 Å². The predicted octanol–water partition coefficient (Wildman–Crippen LogP) is 1.73. The largest absolute Gasteiger partial charge is 0.441 e. The lowest BCUT2D eigenvalue weighted by molar-refractivity contribution is 0.107. The lowest BCUT2D eigenvalue weighted by Gasteiger charge is -2.13. The van der Waals surface area contributed by atoms with Crippen LogP contribution in [0, 0.1) is 9.39 Å². The van der Waals surface area contributed by atoms with E-state index in [9.17, 15) is 17.6 Å². The third-order valence-corrected chi connectivity index (χ3v) is 4.00. The van der Waals surface area contributed by atoms with Crippen molar-refractivity contribution in [3.63, 3.8) is 0 Å². The van der Waals surface area contributed by atoms with Gasteiger partial charge in [-0.2, -0.15) is 8.42 Å². The van der Waals surface area contributed by atoms with Gasteiger partial charge in [-0.05, 0) is 40.8 Å². The van der Waals surface area contributed by atoms with Gasteiger partial charge in [0.2, 0.25) is 0 Å². The molecular weight excluding hydrogens is 404 g/mol. The molecule has 1 aliphatic heterocycles. The summed E-state index contributed by atoms with van der Waals surface area (Å²) in [4.78, 5) is 12.9. The Bertz CT molecular complexity index is 636. The highest BCUT2D eigenvalue weighted by molar-refractivity contribution is 14.1. The fraction of sp³-hybridized carbons (Fsp3) is 0.364. The van der Waals surface area contributed by atoms with E-state index in [1.807, 2.05) is 22.6 Å². The Balaban J connectivity index is 2.07. The first-order chi connectivity index (χ1) is 9.26. The number of ether oxygens (including phenoxy) is 1. The quantitative estimate of drug-likeness (QED) is 0.554. The zero-order valence-electron chi connectivity index (χ0n) is 10.4. The standard InChI is InChI=1S/C11H11FINO5S/c1-20(16,17)18-6-8-5-14(11(15)19-8)7-2-3-10(13)9(12)4-7/h2-4,8H,5-6H2,1H3/t8-/m0/s1. The van der Waals surface area contributed by atoms with Crippen LogP contribution in [-0.2, 0) is 19.0 Å². The summed E-state index contributed by atoms with van der Waals surface area (Å²) < 4.78 is 45.2. The summed E-state index contributed by atoms with van der Waals surface area (Å²) in [6.45, 7) is -0.150. The van der Waals surface area contributed by atoms with Crippen molar-refractivity contribution in [3.05, 3.63) is 27.6 Å². The average Bonchev–Trinajstić information content (AvgIpc) is 2.71. The number of rotatable bonds is 4. The number of nitrogens with zero attached hydrogens (tertiary/aromatic N) is 1. The Labute approximate surface area is 129 Å². The van der Waals surface area contributed by atoms with E-state index in [0.717, 1.165) is 6.26 Å². The first-order valence-electron chi connectivity index (χ1n) is 5.54. The second-order valence-corrected chi connectivity index (χ2v) is 7.01. The molecule has 20 heavy (non-hydrogen) atoms. The molecule has 1 aromatic carbocycles. The third-order valence-electron chi connectivity index (χ3n) is 2.56. The lowest BCUT2D eigenvalue weighted by Crippen LogP contribution is -2.26. The van der Waals surface area contributed by atoms with Crippen LogP contribution < -0.4 is 4.90 Å². The SMILES string of the molecule is CS(=O)(=O)OC[C@@H]1CN(c2ccc(I)c(F)c2)C(=O)O1. The maximum atomic E-state index is 13.5. The molecule has 0 bridgehead atoms. The minimum atomic E-state index is -3.59. The van der Waals surface area contributed by atoms with Gasteiger partial charge in [0.15, 0.2) is 0 Å². The molecule has 1 aliphatic rings. The van der Waals surface area contributed by atoms with Gasteiger partial charge in [0.25, 0.3) is 10.1 Å². The zero-order valence-corrected chi connectivity index (χ0v) is 13.4. The van der Waals surface area contributed by atoms with Gasteiger partial charge in [-0.25, -0.2) is 9.18 Å². The van der Waals surface area contributed by atoms with Crippen molar-refractivity contribution in [1.29, 1.82) is 0 Å². The molecule has 0 aromatic heterocycles. The molecule has 6 nitrogen and oxygen atoms in total. The van der Waals surface area contributed by atoms with Gasteiger partial charge in [0, 0.05) is 3.57 Å². The second-order valence-electron chi connectivity index (χ2n) is 4.20. The van der Waals surface area contributed by atoms with Crippen LogP contribution in [0.25, 0.3) is 0 Å². The van der Waals surface area contributed by atoms with Gasteiger partial charge in [-0.1, -0.05) is 0 Å². The smallest absolute Gasteiger partial charge is 0.414 e. The molecule has 9 heteroatoms. The number of cyclic esters (lactones) is 1. The Morgan fingerprint density at radius 2 is 2.25 bits per heavy atom. The molecule has 1 amide bonds. The summed E-state index contributed by atoms with van der Waals surface area (Å²) in [6, 6.07) is 4.35. The maximum absolute atomic E-state index is 13.5. The highest BCUT2D eigenvalue weighted by atomic mass is 127. The molecule has 1 heterocycles. The van der Waals surface area contributed by atoms with Gasteiger partial charge < -0.3 is 4.74 Å². The first-order valence-corrected chi connectivity index (χ1v) is 8.43. The number of carbonyl (C=O) groups is 1. The molecule has 1 fully saturated rings. The Morgan fingerprint density at radius 3 is 2.85 bits per heavy atom. The van der Waals surface area contributed by atoms with E-state index in [1.54, 1.807) is 12.1 Å². The van der Waals surface area contributed by atoms with Crippen LogP contribution in [0.5, 0.6) is 0 Å². The van der Waals surface area contributed by atoms with E-state index in [-0.39, 0.29) is 13.2 Å². The van der Waals surface area contributed by atoms with E-state index in [4.69, 9.17) is 4.74 Å². The van der Waals surface area contributed by atoms with Gasteiger partial charge >= 0.3 is 6.09 Å². The highest BCUT2D eigenvalue weighted by Gasteiger charge is 2.33. The molecule has 0 radical (unpaired) electrons. The Kier molecular flexibility index (Phi) is 4.49. The third kappa shape index (κ3) is 3.79. The molecule has 0 spiro atoms. The average molecular weight is 415 g/mol. The summed E-state index contributed by atoms with van der Waals surface area (Å²) in [6.07, 6.45) is -0.456. The van der Waals surface area contributed by atoms with Crippen molar-refractivity contribution >= 4 is 44.5 Å². The fourth-order valence-electron chi connectivity index (χ4n) is 1.67. The zero-order chi connectivity index (χ0) is 14.9. The van der Waals surface area contributed by atoms with Crippen molar-refractivity contribution in [3.8, 4) is 0 Å². The summed E-state index contributed by atoms with van der Waals surface area (Å²) in [5.41, 5.74) is 0.356. The van der Waals surface area contributed by atoms with E-state index in [0.29, 0.717) is 9.26 Å². The van der Waals surface area contributed by atoms with Gasteiger partial charge in [0.05, 0.1) is 18.5 Å². The Hall–Kier alpha value is -0.940. The molecule has 0 N–H and O–H groups in total. The number of benzene rings is 1. The number of hydrogen-bond acceptors (Lipinski definition) is 5. The number of anilines is 1. The minimum Gasteiger partial charge on any atom is -0.441 e. The summed E-state index contributed by atoms with van der Waals surface area (Å²) in [7, 11) is -3.59. The number of hydrogen-bond donors (Lipinski definition) is 0. The monoisotopic (exact) mass is 415 g/mol. The van der Waals surface area contributed by atoms with Crippen LogP contribution in [-0.4, -0.2) is 40.0 Å². The summed E-state index contributed by atoms with van der Waals surface area (Å²) in [5.74, 6) is -0.438. The van der Waals surface area contributed by atoms with Crippen molar-refractivity contribution < 1.29 is 26.5 Å². The molecule has 1 atom stereocenters. The molecule has 0 aliphatic carbocycles. The molecule has 0 unspecified atom stereocenters. The molecule has 110 valence electrons. The predicted molar refractivity (Wildman–Crippen MR) is 77.5 cm³/mol. The van der Waals surface area contributed by atoms with E-state index in [2.05, 4.69) is 4.18 Å². The van der Waals surface area contributed by atoms with Crippen LogP contribution >= 0.6 is 22.6 Å². The van der Waals surface area contributed by atoms with Crippen molar-refractivity contribution in [1.82, 2.24) is 0 Å². The second kappa shape index (κ2) is 5.82. The van der Waals surface area contributed by atoms with Crippen LogP contribution in [0.4, 0.5) is 14.9 Å². The lowest BCUT2D eigenvalue weighted by atomic mass is 10.2. The van der Waals surface area contributed by atoms with Crippen molar-refractivity contribution in [2.45, 2.75) is 6.10 Å². The molecule has 2 rings (SSSR count). The van der Waals surface area contributed by atoms with Crippen LogP contribution in [0.15, 0.2) is 18.2 Å². The molecule has 1 aromatic rings. The molecule has 1 saturated heterocycles. The summed E-state index contributed by atoms with van der Waals surface area (Å²) in [5, 5.41) is 0. The minimum absolute atomic E-state index is 0.106. The van der Waals surface area contributed by atoms with E-state index in [1.165, 1.54) is 11.0 Å². The van der Waals surface area contributed by atoms with E-state index >= 15 is 0 Å². The van der Waals surface area contributed by atoms with Crippen molar-refractivity contribution in [2.24, 2.45) is 0 Å². The van der Waals surface area contributed by atoms with Gasteiger partial charge in [-0.15, -0.1) is 0 Å². The number of amides is 1. The van der Waals surface area contributed by atoms with E-state index < -0.39 is 28.1 Å². The normalized spacial score (nSPS) is 19.2. The Morgan fingerprint density at radius 1 is 1.55 bits per heavy atom. The van der Waals surface area contributed by atoms with Crippen LogP contribution in [0.2, 0.25) is 0 Å². The summed E-state index contributed by atoms with van der Waals surface area (Å²) >= 11 is 1.84.